The number of aromatic nitrogens is 3. The molecule has 1 fully saturated rings. The summed E-state index contributed by atoms with van der Waals surface area (Å²) in [5.41, 5.74) is 1.77. The van der Waals surface area contributed by atoms with Gasteiger partial charge in [-0.2, -0.15) is 0 Å². The fourth-order valence-electron chi connectivity index (χ4n) is 3.73. The van der Waals surface area contributed by atoms with Crippen LogP contribution in [-0.4, -0.2) is 58.2 Å². The summed E-state index contributed by atoms with van der Waals surface area (Å²) in [5, 5.41) is 9.32. The number of amides is 1. The zero-order chi connectivity index (χ0) is 23.2. The largest absolute Gasteiger partial charge is 0.497 e. The first-order valence-corrected chi connectivity index (χ1v) is 11.8. The third-order valence-corrected chi connectivity index (χ3v) is 6.49. The monoisotopic (exact) mass is 470 g/mol. The Morgan fingerprint density at radius 2 is 2.09 bits per heavy atom. The average molecular weight is 471 g/mol. The number of ether oxygens (including phenoxy) is 2. The second-order valence-electron chi connectivity index (χ2n) is 7.95. The molecule has 4 rings (SSSR count). The Hall–Kier alpha value is -2.91. The van der Waals surface area contributed by atoms with E-state index in [0.29, 0.717) is 24.1 Å². The average Bonchev–Trinajstić information content (AvgIpc) is 3.48. The molecule has 1 unspecified atom stereocenters. The van der Waals surface area contributed by atoms with E-state index in [1.54, 1.807) is 31.2 Å². The minimum atomic E-state index is -0.303. The highest BCUT2D eigenvalue weighted by Gasteiger charge is 2.23. The molecule has 0 spiro atoms. The van der Waals surface area contributed by atoms with Crippen molar-refractivity contribution in [2.75, 3.05) is 26.5 Å². The summed E-state index contributed by atoms with van der Waals surface area (Å²) in [6.07, 6.45) is 2.06. The summed E-state index contributed by atoms with van der Waals surface area (Å²) in [6.45, 7) is 1.82. The fourth-order valence-corrected chi connectivity index (χ4v) is 4.62. The Bertz CT molecular complexity index is 1080. The normalized spacial score (nSPS) is 15.5. The molecule has 1 aliphatic rings. The van der Waals surface area contributed by atoms with Gasteiger partial charge in [0.25, 0.3) is 0 Å². The molecule has 1 atom stereocenters. The first-order valence-electron chi connectivity index (χ1n) is 10.8. The highest BCUT2D eigenvalue weighted by molar-refractivity contribution is 7.99. The lowest BCUT2D eigenvalue weighted by Gasteiger charge is -2.18. The maximum atomic E-state index is 13.4. The SMILES string of the molecule is COc1cccc(CN(C)C(=O)CSc2nnc(-c3ccc(F)cc3)n2CC2CCCO2)c1. The summed E-state index contributed by atoms with van der Waals surface area (Å²) < 4.78 is 26.4. The van der Waals surface area contributed by atoms with E-state index in [1.807, 2.05) is 28.8 Å². The number of thioether (sulfide) groups is 1. The Morgan fingerprint density at radius 1 is 1.27 bits per heavy atom. The zero-order valence-corrected chi connectivity index (χ0v) is 19.6. The fraction of sp³-hybridized carbons (Fsp3) is 0.375. The number of carbonyl (C=O) groups is 1. The Morgan fingerprint density at radius 3 is 2.82 bits per heavy atom. The number of hydrogen-bond acceptors (Lipinski definition) is 6. The van der Waals surface area contributed by atoms with Crippen molar-refractivity contribution in [3.8, 4) is 17.1 Å². The van der Waals surface area contributed by atoms with Gasteiger partial charge in [0.1, 0.15) is 11.6 Å². The topological polar surface area (TPSA) is 69.5 Å². The zero-order valence-electron chi connectivity index (χ0n) is 18.7. The van der Waals surface area contributed by atoms with E-state index >= 15 is 0 Å². The molecule has 1 saturated heterocycles. The van der Waals surface area contributed by atoms with E-state index in [2.05, 4.69) is 10.2 Å². The van der Waals surface area contributed by atoms with E-state index in [-0.39, 0.29) is 23.6 Å². The maximum Gasteiger partial charge on any atom is 0.233 e. The quantitative estimate of drug-likeness (QED) is 0.440. The molecule has 0 radical (unpaired) electrons. The highest BCUT2D eigenvalue weighted by atomic mass is 32.2. The number of nitrogens with zero attached hydrogens (tertiary/aromatic N) is 4. The van der Waals surface area contributed by atoms with Gasteiger partial charge in [-0.3, -0.25) is 9.36 Å². The van der Waals surface area contributed by atoms with Gasteiger partial charge in [-0.05, 0) is 54.8 Å². The van der Waals surface area contributed by atoms with Gasteiger partial charge < -0.3 is 14.4 Å². The maximum absolute atomic E-state index is 13.4. The molecular weight excluding hydrogens is 443 g/mol. The summed E-state index contributed by atoms with van der Waals surface area (Å²) in [5.74, 6) is 1.32. The molecule has 9 heteroatoms. The van der Waals surface area contributed by atoms with Crippen LogP contribution in [0.15, 0.2) is 53.7 Å². The standard InChI is InChI=1S/C24H27FN4O3S/c1-28(14-17-5-3-6-20(13-17)31-2)22(30)16-33-24-27-26-23(18-8-10-19(25)11-9-18)29(24)15-21-7-4-12-32-21/h3,5-6,8-11,13,21H,4,7,12,14-16H2,1-2H3. The molecule has 1 amide bonds. The smallest absolute Gasteiger partial charge is 0.233 e. The van der Waals surface area contributed by atoms with Crippen molar-refractivity contribution in [3.63, 3.8) is 0 Å². The van der Waals surface area contributed by atoms with Gasteiger partial charge in [0, 0.05) is 25.8 Å². The molecule has 0 N–H and O–H groups in total. The number of halogens is 1. The van der Waals surface area contributed by atoms with Crippen LogP contribution in [0.5, 0.6) is 5.75 Å². The second-order valence-corrected chi connectivity index (χ2v) is 8.89. The molecule has 2 aromatic carbocycles. The van der Waals surface area contributed by atoms with E-state index in [0.717, 1.165) is 36.3 Å². The predicted molar refractivity (Wildman–Crippen MR) is 125 cm³/mol. The molecule has 1 aliphatic heterocycles. The van der Waals surface area contributed by atoms with Crippen LogP contribution in [0.3, 0.4) is 0 Å². The van der Waals surface area contributed by atoms with Crippen molar-refractivity contribution < 1.29 is 18.7 Å². The number of carbonyl (C=O) groups excluding carboxylic acids is 1. The minimum Gasteiger partial charge on any atom is -0.497 e. The van der Waals surface area contributed by atoms with Crippen LogP contribution in [0, 0.1) is 5.82 Å². The molecule has 1 aromatic heterocycles. The summed E-state index contributed by atoms with van der Waals surface area (Å²) in [6, 6.07) is 13.9. The molecule has 0 bridgehead atoms. The van der Waals surface area contributed by atoms with Crippen LogP contribution in [-0.2, 0) is 22.6 Å². The minimum absolute atomic E-state index is 0.0159. The van der Waals surface area contributed by atoms with Crippen LogP contribution in [0.25, 0.3) is 11.4 Å². The van der Waals surface area contributed by atoms with Crippen LogP contribution < -0.4 is 4.74 Å². The highest BCUT2D eigenvalue weighted by Crippen LogP contribution is 2.27. The summed E-state index contributed by atoms with van der Waals surface area (Å²) in [4.78, 5) is 14.5. The van der Waals surface area contributed by atoms with E-state index in [4.69, 9.17) is 9.47 Å². The molecule has 33 heavy (non-hydrogen) atoms. The van der Waals surface area contributed by atoms with Gasteiger partial charge in [-0.25, -0.2) is 4.39 Å². The summed E-state index contributed by atoms with van der Waals surface area (Å²) in [7, 11) is 3.40. The molecule has 2 heterocycles. The Balaban J connectivity index is 1.46. The number of hydrogen-bond donors (Lipinski definition) is 0. The van der Waals surface area contributed by atoms with E-state index in [1.165, 1.54) is 23.9 Å². The molecule has 0 saturated carbocycles. The number of methoxy groups -OCH3 is 1. The van der Waals surface area contributed by atoms with Crippen molar-refractivity contribution in [1.82, 2.24) is 19.7 Å². The molecule has 7 nitrogen and oxygen atoms in total. The Kier molecular flexibility index (Phi) is 7.61. The molecule has 0 aliphatic carbocycles. The second kappa shape index (κ2) is 10.8. The van der Waals surface area contributed by atoms with Gasteiger partial charge >= 0.3 is 0 Å². The molecule has 3 aromatic rings. The lowest BCUT2D eigenvalue weighted by molar-refractivity contribution is -0.127. The van der Waals surface area contributed by atoms with Crippen molar-refractivity contribution in [2.24, 2.45) is 0 Å². The molecular formula is C24H27FN4O3S. The van der Waals surface area contributed by atoms with Gasteiger partial charge in [-0.15, -0.1) is 10.2 Å². The third-order valence-electron chi connectivity index (χ3n) is 5.53. The van der Waals surface area contributed by atoms with Crippen LogP contribution in [0.2, 0.25) is 0 Å². The first-order chi connectivity index (χ1) is 16.0. The van der Waals surface area contributed by atoms with Crippen molar-refractivity contribution in [3.05, 3.63) is 59.9 Å². The van der Waals surface area contributed by atoms with E-state index in [9.17, 15) is 9.18 Å². The number of rotatable bonds is 9. The van der Waals surface area contributed by atoms with Crippen LogP contribution in [0.1, 0.15) is 18.4 Å². The van der Waals surface area contributed by atoms with E-state index < -0.39 is 0 Å². The van der Waals surface area contributed by atoms with Crippen LogP contribution >= 0.6 is 11.8 Å². The Labute approximate surface area is 196 Å². The molecule has 174 valence electrons. The van der Waals surface area contributed by atoms with Gasteiger partial charge in [0.05, 0.1) is 25.5 Å². The first kappa shape index (κ1) is 23.3. The lowest BCUT2D eigenvalue weighted by atomic mass is 10.2. The van der Waals surface area contributed by atoms with Gasteiger partial charge in [-0.1, -0.05) is 23.9 Å². The van der Waals surface area contributed by atoms with Gasteiger partial charge in [0.15, 0.2) is 11.0 Å². The predicted octanol–water partition coefficient (Wildman–Crippen LogP) is 4.02. The summed E-state index contributed by atoms with van der Waals surface area (Å²) >= 11 is 1.35. The number of benzene rings is 2. The van der Waals surface area contributed by atoms with Crippen molar-refractivity contribution in [1.29, 1.82) is 0 Å². The van der Waals surface area contributed by atoms with Crippen molar-refractivity contribution >= 4 is 17.7 Å². The lowest BCUT2D eigenvalue weighted by Crippen LogP contribution is -2.28. The third kappa shape index (κ3) is 5.91. The van der Waals surface area contributed by atoms with Crippen molar-refractivity contribution in [2.45, 2.75) is 37.2 Å². The van der Waals surface area contributed by atoms with Gasteiger partial charge in [0.2, 0.25) is 5.91 Å². The van der Waals surface area contributed by atoms with Crippen LogP contribution in [0.4, 0.5) is 4.39 Å².